The number of H-pyrrole nitrogens is 1. The molecular formula is C21H18N4O2. The summed E-state index contributed by atoms with van der Waals surface area (Å²) in [5.74, 6) is -0.0647. The van der Waals surface area contributed by atoms with Gasteiger partial charge in [-0.15, -0.1) is 0 Å². The number of carbonyl (C=O) groups excluding carboxylic acids is 1. The Hall–Kier alpha value is -3.41. The molecule has 0 fully saturated rings. The highest BCUT2D eigenvalue weighted by molar-refractivity contribution is 5.86. The van der Waals surface area contributed by atoms with Gasteiger partial charge in [0.1, 0.15) is 6.54 Å². The van der Waals surface area contributed by atoms with Crippen molar-refractivity contribution in [3.8, 4) is 0 Å². The molecule has 0 bridgehead atoms. The molecule has 3 heterocycles. The predicted octanol–water partition coefficient (Wildman–Crippen LogP) is 2.46. The summed E-state index contributed by atoms with van der Waals surface area (Å²) in [7, 11) is 0. The Bertz CT molecular complexity index is 1240. The van der Waals surface area contributed by atoms with Crippen molar-refractivity contribution in [2.75, 3.05) is 6.54 Å². The standard InChI is InChI=1S/C21H18N4O2/c26-20(12-25-13-22-17-7-3-2-6-15(17)21(25)27)24-10-9-19-16(11-24)14-5-1-4-8-18(14)23-19/h1-8,13,23H,9-12H2. The van der Waals surface area contributed by atoms with Crippen molar-refractivity contribution in [2.45, 2.75) is 19.5 Å². The largest absolute Gasteiger partial charge is 0.358 e. The number of nitrogens with one attached hydrogen (secondary N) is 1. The number of carbonyl (C=O) groups is 1. The molecule has 2 aromatic heterocycles. The molecule has 0 atom stereocenters. The molecule has 1 aliphatic rings. The van der Waals surface area contributed by atoms with Crippen molar-refractivity contribution >= 4 is 27.7 Å². The second-order valence-corrected chi connectivity index (χ2v) is 6.89. The Labute approximate surface area is 155 Å². The molecule has 0 saturated heterocycles. The zero-order chi connectivity index (χ0) is 18.4. The summed E-state index contributed by atoms with van der Waals surface area (Å²) in [6.07, 6.45) is 2.25. The Morgan fingerprint density at radius 2 is 1.85 bits per heavy atom. The molecule has 134 valence electrons. The average molecular weight is 358 g/mol. The molecule has 1 amide bonds. The van der Waals surface area contributed by atoms with E-state index in [2.05, 4.69) is 22.1 Å². The van der Waals surface area contributed by atoms with Crippen molar-refractivity contribution in [1.82, 2.24) is 19.4 Å². The zero-order valence-electron chi connectivity index (χ0n) is 14.7. The third-order valence-corrected chi connectivity index (χ3v) is 5.27. The maximum absolute atomic E-state index is 12.9. The van der Waals surface area contributed by atoms with Gasteiger partial charge in [0.05, 0.1) is 17.2 Å². The van der Waals surface area contributed by atoms with Crippen LogP contribution in [-0.2, 0) is 24.3 Å². The van der Waals surface area contributed by atoms with Crippen molar-refractivity contribution < 1.29 is 4.79 Å². The summed E-state index contributed by atoms with van der Waals surface area (Å²) in [4.78, 5) is 35.0. The summed E-state index contributed by atoms with van der Waals surface area (Å²) >= 11 is 0. The number of hydrogen-bond donors (Lipinski definition) is 1. The van der Waals surface area contributed by atoms with Crippen molar-refractivity contribution in [3.63, 3.8) is 0 Å². The first-order valence-corrected chi connectivity index (χ1v) is 9.01. The molecule has 6 nitrogen and oxygen atoms in total. The summed E-state index contributed by atoms with van der Waals surface area (Å²) in [6.45, 7) is 1.22. The van der Waals surface area contributed by atoms with Crippen LogP contribution in [0.2, 0.25) is 0 Å². The normalized spacial score (nSPS) is 13.9. The van der Waals surface area contributed by atoms with Crippen LogP contribution in [0.5, 0.6) is 0 Å². The number of benzene rings is 2. The molecule has 27 heavy (non-hydrogen) atoms. The van der Waals surface area contributed by atoms with E-state index >= 15 is 0 Å². The molecule has 4 aromatic rings. The number of amides is 1. The summed E-state index contributed by atoms with van der Waals surface area (Å²) in [5.41, 5.74) is 3.94. The number of fused-ring (bicyclic) bond motifs is 4. The van der Waals surface area contributed by atoms with Crippen LogP contribution in [-0.4, -0.2) is 31.9 Å². The van der Waals surface area contributed by atoms with E-state index in [0.717, 1.165) is 17.3 Å². The van der Waals surface area contributed by atoms with Gasteiger partial charge in [0.15, 0.2) is 0 Å². The predicted molar refractivity (Wildman–Crippen MR) is 103 cm³/mol. The summed E-state index contributed by atoms with van der Waals surface area (Å²) < 4.78 is 1.40. The van der Waals surface area contributed by atoms with Crippen LogP contribution in [0.1, 0.15) is 11.3 Å². The molecule has 0 spiro atoms. The molecule has 0 aliphatic carbocycles. The highest BCUT2D eigenvalue weighted by Gasteiger charge is 2.24. The van der Waals surface area contributed by atoms with Crippen LogP contribution in [0.4, 0.5) is 0 Å². The molecule has 0 radical (unpaired) electrons. The van der Waals surface area contributed by atoms with Crippen LogP contribution >= 0.6 is 0 Å². The van der Waals surface area contributed by atoms with E-state index in [4.69, 9.17) is 0 Å². The minimum Gasteiger partial charge on any atom is -0.358 e. The van der Waals surface area contributed by atoms with Gasteiger partial charge in [-0.05, 0) is 18.2 Å². The van der Waals surface area contributed by atoms with Gasteiger partial charge in [-0.2, -0.15) is 0 Å². The van der Waals surface area contributed by atoms with E-state index < -0.39 is 0 Å². The van der Waals surface area contributed by atoms with Gasteiger partial charge in [-0.25, -0.2) is 4.98 Å². The van der Waals surface area contributed by atoms with Crippen LogP contribution in [0, 0.1) is 0 Å². The fourth-order valence-electron chi connectivity index (χ4n) is 3.84. The second-order valence-electron chi connectivity index (χ2n) is 6.89. The highest BCUT2D eigenvalue weighted by atomic mass is 16.2. The Morgan fingerprint density at radius 3 is 2.74 bits per heavy atom. The first-order chi connectivity index (χ1) is 13.2. The van der Waals surface area contributed by atoms with Crippen molar-refractivity contribution in [1.29, 1.82) is 0 Å². The average Bonchev–Trinajstić information content (AvgIpc) is 3.08. The van der Waals surface area contributed by atoms with Crippen LogP contribution < -0.4 is 5.56 Å². The quantitative estimate of drug-likeness (QED) is 0.598. The van der Waals surface area contributed by atoms with E-state index in [1.807, 2.05) is 23.1 Å². The van der Waals surface area contributed by atoms with Gasteiger partial charge < -0.3 is 9.88 Å². The first-order valence-electron chi connectivity index (χ1n) is 9.01. The Morgan fingerprint density at radius 1 is 1.07 bits per heavy atom. The van der Waals surface area contributed by atoms with E-state index in [-0.39, 0.29) is 18.0 Å². The first kappa shape index (κ1) is 15.8. The molecule has 1 aliphatic heterocycles. The van der Waals surface area contributed by atoms with Crippen molar-refractivity contribution in [2.24, 2.45) is 0 Å². The van der Waals surface area contributed by atoms with Gasteiger partial charge in [0.25, 0.3) is 5.56 Å². The number of hydrogen-bond acceptors (Lipinski definition) is 3. The molecule has 0 unspecified atom stereocenters. The lowest BCUT2D eigenvalue weighted by molar-refractivity contribution is -0.132. The molecule has 5 rings (SSSR count). The topological polar surface area (TPSA) is 71.0 Å². The minimum atomic E-state index is -0.182. The number of aromatic amines is 1. The lowest BCUT2D eigenvalue weighted by Gasteiger charge is -2.27. The van der Waals surface area contributed by atoms with Gasteiger partial charge >= 0.3 is 0 Å². The van der Waals surface area contributed by atoms with E-state index in [0.29, 0.717) is 24.0 Å². The molecule has 0 saturated carbocycles. The zero-order valence-corrected chi connectivity index (χ0v) is 14.7. The second kappa shape index (κ2) is 6.09. The summed E-state index contributed by atoms with van der Waals surface area (Å²) in [5, 5.41) is 1.69. The lowest BCUT2D eigenvalue weighted by atomic mass is 10.0. The number of aromatic nitrogens is 3. The van der Waals surface area contributed by atoms with Gasteiger partial charge in [-0.1, -0.05) is 30.3 Å². The fraction of sp³-hybridized carbons (Fsp3) is 0.190. The monoisotopic (exact) mass is 358 g/mol. The smallest absolute Gasteiger partial charge is 0.261 e. The van der Waals surface area contributed by atoms with Gasteiger partial charge in [0.2, 0.25) is 5.91 Å². The van der Waals surface area contributed by atoms with Crippen LogP contribution in [0.25, 0.3) is 21.8 Å². The number of para-hydroxylation sites is 2. The number of rotatable bonds is 2. The van der Waals surface area contributed by atoms with E-state index in [9.17, 15) is 9.59 Å². The Balaban J connectivity index is 1.42. The molecule has 1 N–H and O–H groups in total. The molecular weight excluding hydrogens is 340 g/mol. The molecule has 6 heteroatoms. The van der Waals surface area contributed by atoms with Gasteiger partial charge in [-0.3, -0.25) is 14.2 Å². The lowest BCUT2D eigenvalue weighted by Crippen LogP contribution is -2.39. The Kier molecular flexibility index (Phi) is 3.57. The van der Waals surface area contributed by atoms with E-state index in [1.165, 1.54) is 22.2 Å². The van der Waals surface area contributed by atoms with E-state index in [1.54, 1.807) is 18.2 Å². The fourth-order valence-corrected chi connectivity index (χ4v) is 3.84. The van der Waals surface area contributed by atoms with Crippen molar-refractivity contribution in [3.05, 3.63) is 76.5 Å². The third kappa shape index (κ3) is 2.61. The SMILES string of the molecule is O=C(Cn1cnc2ccccc2c1=O)N1CCc2[nH]c3ccccc3c2C1. The number of nitrogens with zero attached hydrogens (tertiary/aromatic N) is 3. The maximum atomic E-state index is 12.9. The van der Waals surface area contributed by atoms with Gasteiger partial charge in [0, 0.05) is 41.7 Å². The van der Waals surface area contributed by atoms with Crippen LogP contribution in [0.3, 0.4) is 0 Å². The maximum Gasteiger partial charge on any atom is 0.261 e. The third-order valence-electron chi connectivity index (χ3n) is 5.27. The summed E-state index contributed by atoms with van der Waals surface area (Å²) in [6, 6.07) is 15.3. The van der Waals surface area contributed by atoms with Crippen LogP contribution in [0.15, 0.2) is 59.7 Å². The highest BCUT2D eigenvalue weighted by Crippen LogP contribution is 2.27. The molecule has 2 aromatic carbocycles. The minimum absolute atomic E-state index is 0.00829.